The third kappa shape index (κ3) is 1.75. The van der Waals surface area contributed by atoms with Gasteiger partial charge in [0.15, 0.2) is 23.1 Å². The molecular weight excluding hydrogens is 220 g/mol. The number of ketones is 4. The molecule has 0 atom stereocenters. The maximum atomic E-state index is 12.1. The third-order valence-corrected chi connectivity index (χ3v) is 3.56. The fourth-order valence-corrected chi connectivity index (χ4v) is 2.34. The van der Waals surface area contributed by atoms with Gasteiger partial charge in [0, 0.05) is 6.42 Å². The first-order valence-electron chi connectivity index (χ1n) is 5.74. The van der Waals surface area contributed by atoms with Gasteiger partial charge in [0.1, 0.15) is 5.92 Å². The second-order valence-electron chi connectivity index (χ2n) is 5.56. The van der Waals surface area contributed by atoms with Crippen LogP contribution in [0.2, 0.25) is 0 Å². The molecule has 0 bridgehead atoms. The molecule has 0 amide bonds. The van der Waals surface area contributed by atoms with Gasteiger partial charge in [-0.05, 0) is 27.7 Å². The van der Waals surface area contributed by atoms with Gasteiger partial charge in [-0.2, -0.15) is 0 Å². The fourth-order valence-electron chi connectivity index (χ4n) is 2.34. The van der Waals surface area contributed by atoms with Crippen molar-refractivity contribution >= 4 is 23.1 Å². The van der Waals surface area contributed by atoms with Crippen LogP contribution in [-0.2, 0) is 19.2 Å². The van der Waals surface area contributed by atoms with E-state index < -0.39 is 39.9 Å². The lowest BCUT2D eigenvalue weighted by Gasteiger charge is -2.39. The van der Waals surface area contributed by atoms with Gasteiger partial charge in [0.05, 0.1) is 10.8 Å². The van der Waals surface area contributed by atoms with Crippen LogP contribution in [0.5, 0.6) is 0 Å². The maximum absolute atomic E-state index is 12.1. The summed E-state index contributed by atoms with van der Waals surface area (Å²) in [7, 11) is 0. The van der Waals surface area contributed by atoms with E-state index >= 15 is 0 Å². The molecule has 1 aliphatic rings. The summed E-state index contributed by atoms with van der Waals surface area (Å²) in [5, 5.41) is 0. The first-order valence-corrected chi connectivity index (χ1v) is 5.74. The van der Waals surface area contributed by atoms with Crippen LogP contribution in [0, 0.1) is 16.7 Å². The Hall–Kier alpha value is -1.32. The topological polar surface area (TPSA) is 68.3 Å². The average Bonchev–Trinajstić information content (AvgIpc) is 2.25. The zero-order chi connectivity index (χ0) is 13.6. The molecule has 17 heavy (non-hydrogen) atoms. The molecule has 0 aromatic heterocycles. The standard InChI is InChI=1S/C13H18O4/c1-6-7(14)8-9(15)12(2,3)11(17)13(4,5)10(8)16/h8H,6H2,1-5H3. The molecule has 1 rings (SSSR count). The highest BCUT2D eigenvalue weighted by molar-refractivity contribution is 6.35. The Morgan fingerprint density at radius 3 is 1.65 bits per heavy atom. The van der Waals surface area contributed by atoms with Crippen molar-refractivity contribution in [1.82, 2.24) is 0 Å². The second-order valence-corrected chi connectivity index (χ2v) is 5.56. The van der Waals surface area contributed by atoms with E-state index in [2.05, 4.69) is 0 Å². The Balaban J connectivity index is 3.36. The van der Waals surface area contributed by atoms with Crippen molar-refractivity contribution < 1.29 is 19.2 Å². The van der Waals surface area contributed by atoms with Gasteiger partial charge in [0.2, 0.25) is 0 Å². The number of rotatable bonds is 2. The zero-order valence-electron chi connectivity index (χ0n) is 10.9. The highest BCUT2D eigenvalue weighted by Crippen LogP contribution is 2.41. The molecule has 4 nitrogen and oxygen atoms in total. The van der Waals surface area contributed by atoms with Gasteiger partial charge in [-0.15, -0.1) is 0 Å². The van der Waals surface area contributed by atoms with E-state index in [0.29, 0.717) is 0 Å². The summed E-state index contributed by atoms with van der Waals surface area (Å²) >= 11 is 0. The zero-order valence-corrected chi connectivity index (χ0v) is 10.9. The molecule has 94 valence electrons. The molecule has 1 fully saturated rings. The number of carbonyl (C=O) groups is 4. The van der Waals surface area contributed by atoms with Crippen LogP contribution in [-0.4, -0.2) is 23.1 Å². The molecule has 0 radical (unpaired) electrons. The minimum atomic E-state index is -1.26. The predicted octanol–water partition coefficient (Wildman–Crippen LogP) is 1.35. The first-order chi connectivity index (χ1) is 7.58. The lowest BCUT2D eigenvalue weighted by molar-refractivity contribution is -0.161. The Bertz CT molecular complexity index is 385. The van der Waals surface area contributed by atoms with Crippen molar-refractivity contribution in [2.24, 2.45) is 16.7 Å². The van der Waals surface area contributed by atoms with Crippen molar-refractivity contribution in [2.45, 2.75) is 41.0 Å². The average molecular weight is 238 g/mol. The maximum Gasteiger partial charge on any atom is 0.163 e. The van der Waals surface area contributed by atoms with E-state index in [9.17, 15) is 19.2 Å². The highest BCUT2D eigenvalue weighted by atomic mass is 16.2. The largest absolute Gasteiger partial charge is 0.298 e. The van der Waals surface area contributed by atoms with Gasteiger partial charge < -0.3 is 0 Å². The predicted molar refractivity (Wildman–Crippen MR) is 61.4 cm³/mol. The molecule has 0 saturated heterocycles. The third-order valence-electron chi connectivity index (χ3n) is 3.56. The van der Waals surface area contributed by atoms with Gasteiger partial charge in [-0.25, -0.2) is 0 Å². The van der Waals surface area contributed by atoms with E-state index in [-0.39, 0.29) is 6.42 Å². The van der Waals surface area contributed by atoms with Crippen LogP contribution in [0.4, 0.5) is 0 Å². The summed E-state index contributed by atoms with van der Waals surface area (Å²) in [6, 6.07) is 0. The summed E-state index contributed by atoms with van der Waals surface area (Å²) < 4.78 is 0. The molecule has 0 unspecified atom stereocenters. The number of hydrogen-bond donors (Lipinski definition) is 0. The lowest BCUT2D eigenvalue weighted by atomic mass is 9.58. The summed E-state index contributed by atoms with van der Waals surface area (Å²) in [5.41, 5.74) is -2.51. The van der Waals surface area contributed by atoms with Crippen LogP contribution in [0.25, 0.3) is 0 Å². The van der Waals surface area contributed by atoms with Gasteiger partial charge in [-0.3, -0.25) is 19.2 Å². The second kappa shape index (κ2) is 3.86. The normalized spacial score (nSPS) is 23.9. The fraction of sp³-hybridized carbons (Fsp3) is 0.692. The number of hydrogen-bond acceptors (Lipinski definition) is 4. The molecular formula is C13H18O4. The van der Waals surface area contributed by atoms with Crippen molar-refractivity contribution in [2.75, 3.05) is 0 Å². The van der Waals surface area contributed by atoms with E-state index in [4.69, 9.17) is 0 Å². The van der Waals surface area contributed by atoms with Crippen LogP contribution < -0.4 is 0 Å². The molecule has 0 aliphatic heterocycles. The Labute approximate surface area is 101 Å². The summed E-state index contributed by atoms with van der Waals surface area (Å²) in [6.07, 6.45) is 0.127. The van der Waals surface area contributed by atoms with Crippen LogP contribution in [0.3, 0.4) is 0 Å². The minimum absolute atomic E-state index is 0.127. The van der Waals surface area contributed by atoms with E-state index in [1.54, 1.807) is 6.92 Å². The van der Waals surface area contributed by atoms with Crippen LogP contribution >= 0.6 is 0 Å². The molecule has 0 aromatic rings. The summed E-state index contributed by atoms with van der Waals surface area (Å²) in [6.45, 7) is 7.56. The minimum Gasteiger partial charge on any atom is -0.298 e. The molecule has 1 aliphatic carbocycles. The summed E-state index contributed by atoms with van der Waals surface area (Å²) in [5.74, 6) is -3.17. The summed E-state index contributed by atoms with van der Waals surface area (Å²) in [4.78, 5) is 48.0. The van der Waals surface area contributed by atoms with Gasteiger partial charge >= 0.3 is 0 Å². The molecule has 0 spiro atoms. The highest BCUT2D eigenvalue weighted by Gasteiger charge is 2.59. The Morgan fingerprint density at radius 2 is 1.35 bits per heavy atom. The van der Waals surface area contributed by atoms with E-state index in [1.165, 1.54) is 27.7 Å². The van der Waals surface area contributed by atoms with E-state index in [1.807, 2.05) is 0 Å². The van der Waals surface area contributed by atoms with Crippen molar-refractivity contribution in [3.05, 3.63) is 0 Å². The molecule has 0 heterocycles. The van der Waals surface area contributed by atoms with Crippen LogP contribution in [0.1, 0.15) is 41.0 Å². The lowest BCUT2D eigenvalue weighted by Crippen LogP contribution is -2.59. The molecule has 1 saturated carbocycles. The van der Waals surface area contributed by atoms with Gasteiger partial charge in [-0.1, -0.05) is 6.92 Å². The monoisotopic (exact) mass is 238 g/mol. The van der Waals surface area contributed by atoms with Crippen molar-refractivity contribution in [3.63, 3.8) is 0 Å². The van der Waals surface area contributed by atoms with Gasteiger partial charge in [0.25, 0.3) is 0 Å². The quantitative estimate of drug-likeness (QED) is 0.681. The van der Waals surface area contributed by atoms with Crippen molar-refractivity contribution in [3.8, 4) is 0 Å². The Morgan fingerprint density at radius 1 is 1.00 bits per heavy atom. The van der Waals surface area contributed by atoms with Crippen LogP contribution in [0.15, 0.2) is 0 Å². The number of Topliss-reactive ketones (excluding diaryl/α,β-unsaturated/α-hetero) is 4. The first kappa shape index (κ1) is 13.7. The molecule has 0 aromatic carbocycles. The van der Waals surface area contributed by atoms with Crippen molar-refractivity contribution in [1.29, 1.82) is 0 Å². The smallest absolute Gasteiger partial charge is 0.163 e. The number of carbonyl (C=O) groups excluding carboxylic acids is 4. The molecule has 0 N–H and O–H groups in total. The van der Waals surface area contributed by atoms with E-state index in [0.717, 1.165) is 0 Å². The Kier molecular flexibility index (Phi) is 3.12. The SMILES string of the molecule is CCC(=O)C1C(=O)C(C)(C)C(=O)C(C)(C)C1=O. The molecule has 4 heteroatoms.